The molecule has 9 heteroatoms. The van der Waals surface area contributed by atoms with Gasteiger partial charge in [0.05, 0.1) is 11.9 Å². The lowest BCUT2D eigenvalue weighted by molar-refractivity contribution is -0.140. The van der Waals surface area contributed by atoms with Gasteiger partial charge in [0, 0.05) is 31.1 Å². The van der Waals surface area contributed by atoms with Crippen molar-refractivity contribution in [2.45, 2.75) is 46.2 Å². The molecule has 1 atom stereocenters. The van der Waals surface area contributed by atoms with Crippen molar-refractivity contribution in [1.29, 1.82) is 0 Å². The van der Waals surface area contributed by atoms with Gasteiger partial charge in [0.15, 0.2) is 0 Å². The average molecular weight is 494 g/mol. The third-order valence-electron chi connectivity index (χ3n) is 5.29. The summed E-state index contributed by atoms with van der Waals surface area (Å²) in [5.74, 6) is -0.499. The highest BCUT2D eigenvalue weighted by Crippen LogP contribution is 2.21. The molecule has 0 aromatic heterocycles. The Morgan fingerprint density at radius 3 is 2.30 bits per heavy atom. The van der Waals surface area contributed by atoms with Crippen LogP contribution in [-0.2, 0) is 26.2 Å². The number of carbonyl (C=O) groups is 2. The summed E-state index contributed by atoms with van der Waals surface area (Å²) in [6.07, 6.45) is 1.54. The molecule has 0 spiro atoms. The van der Waals surface area contributed by atoms with Gasteiger partial charge in [-0.25, -0.2) is 8.42 Å². The van der Waals surface area contributed by atoms with Crippen molar-refractivity contribution < 1.29 is 18.0 Å². The lowest BCUT2D eigenvalue weighted by Crippen LogP contribution is -2.47. The van der Waals surface area contributed by atoms with Crippen molar-refractivity contribution in [3.63, 3.8) is 0 Å². The number of anilines is 1. The van der Waals surface area contributed by atoms with Crippen LogP contribution in [0.5, 0.6) is 0 Å². The second kappa shape index (κ2) is 12.0. The molecule has 0 aliphatic heterocycles. The van der Waals surface area contributed by atoms with Crippen molar-refractivity contribution in [2.24, 2.45) is 0 Å². The van der Waals surface area contributed by atoms with E-state index >= 15 is 0 Å². The number of nitrogens with one attached hydrogen (secondary N) is 1. The van der Waals surface area contributed by atoms with Gasteiger partial charge >= 0.3 is 0 Å². The highest BCUT2D eigenvalue weighted by atomic mass is 35.5. The van der Waals surface area contributed by atoms with Crippen LogP contribution in [0.1, 0.15) is 37.8 Å². The number of likely N-dealkylation sites (N-methyl/N-ethyl adjacent to an activating group) is 1. The van der Waals surface area contributed by atoms with Crippen LogP contribution in [-0.4, -0.2) is 50.5 Å². The van der Waals surface area contributed by atoms with E-state index in [4.69, 9.17) is 11.6 Å². The van der Waals surface area contributed by atoms with Crippen LogP contribution in [0.15, 0.2) is 48.5 Å². The fourth-order valence-electron chi connectivity index (χ4n) is 3.43. The standard InChI is InChI=1S/C24H32ClN3O4S/c1-5-26-24(30)19(3)27(17-20-9-6-7-10-22(20)25)23(29)11-8-16-28(33(4,31)32)21-14-12-18(2)13-15-21/h6-7,9-10,12-15,19H,5,8,11,16-17H2,1-4H3,(H,26,30)/t19-/m1/s1. The second-order valence-electron chi connectivity index (χ2n) is 7.96. The molecule has 2 aromatic rings. The summed E-state index contributed by atoms with van der Waals surface area (Å²) in [4.78, 5) is 27.1. The SMILES string of the molecule is CCNC(=O)[C@@H](C)N(Cc1ccccc1Cl)C(=O)CCCN(c1ccc(C)cc1)S(C)(=O)=O. The molecule has 0 radical (unpaired) electrons. The maximum Gasteiger partial charge on any atom is 0.242 e. The van der Waals surface area contributed by atoms with Gasteiger partial charge in [-0.2, -0.15) is 0 Å². The zero-order valence-corrected chi connectivity index (χ0v) is 21.1. The summed E-state index contributed by atoms with van der Waals surface area (Å²) in [7, 11) is -3.51. The molecule has 0 saturated carbocycles. The minimum absolute atomic E-state index is 0.0894. The van der Waals surface area contributed by atoms with Gasteiger partial charge in [-0.05, 0) is 51.0 Å². The maximum atomic E-state index is 13.2. The fourth-order valence-corrected chi connectivity index (χ4v) is 4.59. The lowest BCUT2D eigenvalue weighted by Gasteiger charge is -2.29. The van der Waals surface area contributed by atoms with Crippen LogP contribution in [0.2, 0.25) is 5.02 Å². The first-order valence-corrected chi connectivity index (χ1v) is 13.1. The summed E-state index contributed by atoms with van der Waals surface area (Å²) in [6.45, 7) is 6.21. The highest BCUT2D eigenvalue weighted by Gasteiger charge is 2.26. The van der Waals surface area contributed by atoms with E-state index in [0.717, 1.165) is 17.4 Å². The third kappa shape index (κ3) is 7.75. The average Bonchev–Trinajstić information content (AvgIpc) is 2.75. The van der Waals surface area contributed by atoms with E-state index in [1.54, 1.807) is 31.2 Å². The first-order valence-electron chi connectivity index (χ1n) is 10.9. The van der Waals surface area contributed by atoms with Gasteiger partial charge in [-0.1, -0.05) is 47.5 Å². The monoisotopic (exact) mass is 493 g/mol. The van der Waals surface area contributed by atoms with Crippen LogP contribution in [0.25, 0.3) is 0 Å². The van der Waals surface area contributed by atoms with E-state index in [0.29, 0.717) is 23.7 Å². The number of hydrogen-bond donors (Lipinski definition) is 1. The number of hydrogen-bond acceptors (Lipinski definition) is 4. The molecular formula is C24H32ClN3O4S. The normalized spacial score (nSPS) is 12.2. The van der Waals surface area contributed by atoms with Crippen molar-refractivity contribution in [3.8, 4) is 0 Å². The highest BCUT2D eigenvalue weighted by molar-refractivity contribution is 7.92. The molecule has 0 saturated heterocycles. The lowest BCUT2D eigenvalue weighted by atomic mass is 10.1. The molecule has 0 aliphatic rings. The summed E-state index contributed by atoms with van der Waals surface area (Å²) < 4.78 is 26.0. The molecule has 2 amide bonds. The van der Waals surface area contributed by atoms with Crippen molar-refractivity contribution in [2.75, 3.05) is 23.7 Å². The van der Waals surface area contributed by atoms with E-state index in [2.05, 4.69) is 5.32 Å². The summed E-state index contributed by atoms with van der Waals surface area (Å²) in [6, 6.07) is 13.7. The number of benzene rings is 2. The summed E-state index contributed by atoms with van der Waals surface area (Å²) in [5, 5.41) is 3.26. The number of halogens is 1. The largest absolute Gasteiger partial charge is 0.355 e. The van der Waals surface area contributed by atoms with Gasteiger partial charge in [0.2, 0.25) is 21.8 Å². The Hall–Kier alpha value is -2.58. The quantitative estimate of drug-likeness (QED) is 0.516. The van der Waals surface area contributed by atoms with E-state index in [-0.39, 0.29) is 31.3 Å². The first-order chi connectivity index (χ1) is 15.5. The molecule has 0 unspecified atom stereocenters. The van der Waals surface area contributed by atoms with E-state index in [1.807, 2.05) is 38.1 Å². The Morgan fingerprint density at radius 2 is 1.73 bits per heavy atom. The number of rotatable bonds is 11. The predicted octanol–water partition coefficient (Wildman–Crippen LogP) is 3.75. The Labute approximate surface area is 201 Å². The Morgan fingerprint density at radius 1 is 1.09 bits per heavy atom. The first kappa shape index (κ1) is 26.7. The van der Waals surface area contributed by atoms with Gasteiger partial charge in [0.1, 0.15) is 6.04 Å². The van der Waals surface area contributed by atoms with Crippen molar-refractivity contribution >= 4 is 39.1 Å². The minimum Gasteiger partial charge on any atom is -0.355 e. The summed E-state index contributed by atoms with van der Waals surface area (Å²) in [5.41, 5.74) is 2.32. The number of amides is 2. The molecule has 1 N–H and O–H groups in total. The van der Waals surface area contributed by atoms with Crippen LogP contribution in [0.4, 0.5) is 5.69 Å². The number of carbonyl (C=O) groups excluding carboxylic acids is 2. The molecule has 180 valence electrons. The Kier molecular flexibility index (Phi) is 9.73. The maximum absolute atomic E-state index is 13.2. The topological polar surface area (TPSA) is 86.8 Å². The smallest absolute Gasteiger partial charge is 0.242 e. The van der Waals surface area contributed by atoms with Crippen LogP contribution in [0.3, 0.4) is 0 Å². The van der Waals surface area contributed by atoms with Crippen LogP contribution >= 0.6 is 11.6 Å². The van der Waals surface area contributed by atoms with Crippen LogP contribution in [0, 0.1) is 6.92 Å². The molecule has 0 heterocycles. The molecule has 2 rings (SSSR count). The Bertz CT molecular complexity index is 1060. The van der Waals surface area contributed by atoms with Gasteiger partial charge in [-0.15, -0.1) is 0 Å². The zero-order chi connectivity index (χ0) is 24.6. The molecule has 0 bridgehead atoms. The number of aryl methyl sites for hydroxylation is 1. The van der Waals surface area contributed by atoms with E-state index in [1.165, 1.54) is 9.21 Å². The number of nitrogens with zero attached hydrogens (tertiary/aromatic N) is 2. The van der Waals surface area contributed by atoms with Crippen molar-refractivity contribution in [3.05, 3.63) is 64.7 Å². The predicted molar refractivity (Wildman–Crippen MR) is 133 cm³/mol. The van der Waals surface area contributed by atoms with Crippen LogP contribution < -0.4 is 9.62 Å². The van der Waals surface area contributed by atoms with Crippen molar-refractivity contribution in [1.82, 2.24) is 10.2 Å². The molecule has 0 fully saturated rings. The van der Waals surface area contributed by atoms with Gasteiger partial charge < -0.3 is 10.2 Å². The van der Waals surface area contributed by atoms with Gasteiger partial charge in [-0.3, -0.25) is 13.9 Å². The molecule has 7 nitrogen and oxygen atoms in total. The third-order valence-corrected chi connectivity index (χ3v) is 6.85. The summed E-state index contributed by atoms with van der Waals surface area (Å²) >= 11 is 6.28. The zero-order valence-electron chi connectivity index (χ0n) is 19.5. The molecule has 33 heavy (non-hydrogen) atoms. The molecule has 2 aromatic carbocycles. The second-order valence-corrected chi connectivity index (χ2v) is 10.3. The van der Waals surface area contributed by atoms with Gasteiger partial charge in [0.25, 0.3) is 0 Å². The Balaban J connectivity index is 2.15. The molecular weight excluding hydrogens is 462 g/mol. The fraction of sp³-hybridized carbons (Fsp3) is 0.417. The minimum atomic E-state index is -3.51. The molecule has 0 aliphatic carbocycles. The van der Waals surface area contributed by atoms with E-state index in [9.17, 15) is 18.0 Å². The number of sulfonamides is 1. The van der Waals surface area contributed by atoms with E-state index < -0.39 is 16.1 Å².